The number of hydrogen-bond acceptors (Lipinski definition) is 4. The average Bonchev–Trinajstić information content (AvgIpc) is 2.23. The second-order valence-corrected chi connectivity index (χ2v) is 4.74. The fraction of sp³-hybridized carbons (Fsp3) is 0.364. The van der Waals surface area contributed by atoms with Crippen molar-refractivity contribution in [3.8, 4) is 0 Å². The maximum atomic E-state index is 11.7. The SMILES string of the molecule is O=C(OC1CCC1)c1ccc(Br)c([N+](=O)[O-])c1. The molecule has 90 valence electrons. The molecular formula is C11H10BrNO4. The van der Waals surface area contributed by atoms with Gasteiger partial charge in [0.05, 0.1) is 15.0 Å². The van der Waals surface area contributed by atoms with Crippen molar-refractivity contribution in [3.05, 3.63) is 38.3 Å². The van der Waals surface area contributed by atoms with Crippen molar-refractivity contribution in [1.82, 2.24) is 0 Å². The highest BCUT2D eigenvalue weighted by Crippen LogP contribution is 2.27. The third-order valence-corrected chi connectivity index (χ3v) is 3.38. The summed E-state index contributed by atoms with van der Waals surface area (Å²) in [6, 6.07) is 4.22. The highest BCUT2D eigenvalue weighted by atomic mass is 79.9. The van der Waals surface area contributed by atoms with Crippen LogP contribution in [0.4, 0.5) is 5.69 Å². The van der Waals surface area contributed by atoms with Gasteiger partial charge in [-0.15, -0.1) is 0 Å². The summed E-state index contributed by atoms with van der Waals surface area (Å²) < 4.78 is 5.52. The smallest absolute Gasteiger partial charge is 0.338 e. The van der Waals surface area contributed by atoms with Crippen LogP contribution >= 0.6 is 15.9 Å². The molecule has 17 heavy (non-hydrogen) atoms. The van der Waals surface area contributed by atoms with Crippen molar-refractivity contribution in [1.29, 1.82) is 0 Å². The van der Waals surface area contributed by atoms with Crippen molar-refractivity contribution in [2.75, 3.05) is 0 Å². The molecule has 6 heteroatoms. The second-order valence-electron chi connectivity index (χ2n) is 3.88. The number of esters is 1. The van der Waals surface area contributed by atoms with Gasteiger partial charge < -0.3 is 4.74 Å². The minimum atomic E-state index is -0.537. The summed E-state index contributed by atoms with van der Waals surface area (Å²) in [5.74, 6) is -0.495. The predicted octanol–water partition coefficient (Wildman–Crippen LogP) is 3.07. The van der Waals surface area contributed by atoms with Gasteiger partial charge in [-0.25, -0.2) is 4.79 Å². The van der Waals surface area contributed by atoms with Gasteiger partial charge in [-0.1, -0.05) is 0 Å². The van der Waals surface area contributed by atoms with Crippen LogP contribution < -0.4 is 0 Å². The van der Waals surface area contributed by atoms with E-state index in [1.54, 1.807) is 0 Å². The molecule has 0 bridgehead atoms. The number of hydrogen-bond donors (Lipinski definition) is 0. The standard InChI is InChI=1S/C11H10BrNO4/c12-9-5-4-7(6-10(9)13(15)16)11(14)17-8-2-1-3-8/h4-6,8H,1-3H2. The second kappa shape index (κ2) is 4.83. The lowest BCUT2D eigenvalue weighted by atomic mass is 9.96. The first-order valence-corrected chi connectivity index (χ1v) is 6.02. The minimum absolute atomic E-state index is 0.0230. The molecule has 0 spiro atoms. The third kappa shape index (κ3) is 2.63. The number of nitro benzene ring substituents is 1. The predicted molar refractivity (Wildman–Crippen MR) is 63.9 cm³/mol. The summed E-state index contributed by atoms with van der Waals surface area (Å²) in [6.45, 7) is 0. The fourth-order valence-corrected chi connectivity index (χ4v) is 1.88. The summed E-state index contributed by atoms with van der Waals surface area (Å²) in [5.41, 5.74) is 0.0832. The van der Waals surface area contributed by atoms with Crippen LogP contribution in [-0.4, -0.2) is 17.0 Å². The maximum absolute atomic E-state index is 11.7. The Morgan fingerprint density at radius 1 is 1.47 bits per heavy atom. The molecule has 1 aromatic rings. The number of carbonyl (C=O) groups excluding carboxylic acids is 1. The summed E-state index contributed by atoms with van der Waals surface area (Å²) >= 11 is 3.06. The molecule has 0 heterocycles. The van der Waals surface area contributed by atoms with Gasteiger partial charge in [0.15, 0.2) is 0 Å². The van der Waals surface area contributed by atoms with E-state index in [4.69, 9.17) is 4.74 Å². The molecule has 1 saturated carbocycles. The van der Waals surface area contributed by atoms with E-state index in [2.05, 4.69) is 15.9 Å². The molecule has 1 aliphatic rings. The third-order valence-electron chi connectivity index (χ3n) is 2.70. The Balaban J connectivity index is 2.17. The van der Waals surface area contributed by atoms with Crippen molar-refractivity contribution in [2.45, 2.75) is 25.4 Å². The van der Waals surface area contributed by atoms with Crippen molar-refractivity contribution >= 4 is 27.6 Å². The van der Waals surface area contributed by atoms with E-state index in [-0.39, 0.29) is 17.4 Å². The zero-order valence-electron chi connectivity index (χ0n) is 8.89. The van der Waals surface area contributed by atoms with E-state index in [0.717, 1.165) is 19.3 Å². The zero-order chi connectivity index (χ0) is 12.4. The topological polar surface area (TPSA) is 69.4 Å². The summed E-state index contributed by atoms with van der Waals surface area (Å²) in [6.07, 6.45) is 2.80. The molecule has 2 rings (SSSR count). The Kier molecular flexibility index (Phi) is 3.42. The van der Waals surface area contributed by atoms with Crippen LogP contribution in [0.2, 0.25) is 0 Å². The highest BCUT2D eigenvalue weighted by Gasteiger charge is 2.23. The highest BCUT2D eigenvalue weighted by molar-refractivity contribution is 9.10. The van der Waals surface area contributed by atoms with Gasteiger partial charge in [0, 0.05) is 6.07 Å². The van der Waals surface area contributed by atoms with Crippen molar-refractivity contribution < 1.29 is 14.5 Å². The van der Waals surface area contributed by atoms with Gasteiger partial charge >= 0.3 is 5.97 Å². The number of benzene rings is 1. The van der Waals surface area contributed by atoms with Gasteiger partial charge in [-0.2, -0.15) is 0 Å². The maximum Gasteiger partial charge on any atom is 0.338 e. The van der Waals surface area contributed by atoms with Gasteiger partial charge in [-0.05, 0) is 47.3 Å². The normalized spacial score (nSPS) is 15.1. The molecule has 0 radical (unpaired) electrons. The monoisotopic (exact) mass is 299 g/mol. The molecule has 1 aliphatic carbocycles. The number of rotatable bonds is 3. The van der Waals surface area contributed by atoms with Gasteiger partial charge in [0.25, 0.3) is 5.69 Å². The molecule has 0 aliphatic heterocycles. The number of nitro groups is 1. The Labute approximate surface area is 106 Å². The van der Waals surface area contributed by atoms with Crippen LogP contribution in [0.3, 0.4) is 0 Å². The fourth-order valence-electron chi connectivity index (χ4n) is 1.49. The molecule has 0 amide bonds. The number of halogens is 1. The zero-order valence-corrected chi connectivity index (χ0v) is 10.5. The van der Waals surface area contributed by atoms with E-state index in [0.29, 0.717) is 4.47 Å². The lowest BCUT2D eigenvalue weighted by Crippen LogP contribution is -2.25. The molecule has 0 N–H and O–H groups in total. The lowest BCUT2D eigenvalue weighted by Gasteiger charge is -2.25. The summed E-state index contributed by atoms with van der Waals surface area (Å²) in [4.78, 5) is 21.8. The van der Waals surface area contributed by atoms with E-state index in [9.17, 15) is 14.9 Å². The molecule has 1 fully saturated rings. The van der Waals surface area contributed by atoms with Crippen molar-refractivity contribution in [2.24, 2.45) is 0 Å². The first-order valence-electron chi connectivity index (χ1n) is 5.23. The van der Waals surface area contributed by atoms with Crippen molar-refractivity contribution in [3.63, 3.8) is 0 Å². The van der Waals surface area contributed by atoms with Crippen LogP contribution in [0, 0.1) is 10.1 Å². The number of nitrogens with zero attached hydrogens (tertiary/aromatic N) is 1. The average molecular weight is 300 g/mol. The largest absolute Gasteiger partial charge is 0.459 e. The van der Waals surface area contributed by atoms with E-state index in [1.165, 1.54) is 18.2 Å². The van der Waals surface area contributed by atoms with Crippen LogP contribution in [0.15, 0.2) is 22.7 Å². The Bertz CT molecular complexity index is 471. The first-order chi connectivity index (χ1) is 8.08. The van der Waals surface area contributed by atoms with Gasteiger partial charge in [0.2, 0.25) is 0 Å². The summed E-state index contributed by atoms with van der Waals surface area (Å²) in [5, 5.41) is 10.7. The Morgan fingerprint density at radius 2 is 2.18 bits per heavy atom. The first kappa shape index (κ1) is 12.0. The van der Waals surface area contributed by atoms with Crippen LogP contribution in [0.1, 0.15) is 29.6 Å². The van der Waals surface area contributed by atoms with E-state index in [1.807, 2.05) is 0 Å². The van der Waals surface area contributed by atoms with Gasteiger partial charge in [0.1, 0.15) is 6.10 Å². The Hall–Kier alpha value is -1.43. The van der Waals surface area contributed by atoms with E-state index < -0.39 is 10.9 Å². The van der Waals surface area contributed by atoms with Gasteiger partial charge in [-0.3, -0.25) is 10.1 Å². The Morgan fingerprint density at radius 3 is 2.71 bits per heavy atom. The number of ether oxygens (including phenoxy) is 1. The van der Waals surface area contributed by atoms with Crippen LogP contribution in [0.25, 0.3) is 0 Å². The number of carbonyl (C=O) groups is 1. The molecule has 0 saturated heterocycles. The van der Waals surface area contributed by atoms with Crippen LogP contribution in [-0.2, 0) is 4.74 Å². The molecule has 1 aromatic carbocycles. The molecule has 0 unspecified atom stereocenters. The minimum Gasteiger partial charge on any atom is -0.459 e. The molecule has 5 nitrogen and oxygen atoms in total. The molecule has 0 aromatic heterocycles. The lowest BCUT2D eigenvalue weighted by molar-refractivity contribution is -0.385. The van der Waals surface area contributed by atoms with Crippen LogP contribution in [0.5, 0.6) is 0 Å². The quantitative estimate of drug-likeness (QED) is 0.488. The summed E-state index contributed by atoms with van der Waals surface area (Å²) in [7, 11) is 0. The molecular weight excluding hydrogens is 290 g/mol. The van der Waals surface area contributed by atoms with E-state index >= 15 is 0 Å². The molecule has 0 atom stereocenters.